The van der Waals surface area contributed by atoms with Crippen LogP contribution >= 0.6 is 0 Å². The minimum atomic E-state index is 0.552. The molecule has 5 heteroatoms. The maximum Gasteiger partial charge on any atom is 0.225 e. The highest BCUT2D eigenvalue weighted by Gasteiger charge is 2.19. The van der Waals surface area contributed by atoms with Crippen LogP contribution in [0, 0.1) is 0 Å². The lowest BCUT2D eigenvalue weighted by atomic mass is 10.2. The van der Waals surface area contributed by atoms with E-state index in [2.05, 4.69) is 20.2 Å². The molecule has 0 aromatic carbocycles. The predicted octanol–water partition coefficient (Wildman–Crippen LogP) is 0.681. The topological polar surface area (TPSA) is 50.3 Å². The van der Waals surface area contributed by atoms with Crippen LogP contribution in [0.4, 0.5) is 5.95 Å². The smallest absolute Gasteiger partial charge is 0.225 e. The summed E-state index contributed by atoms with van der Waals surface area (Å²) in [5, 5.41) is 3.50. The first-order valence-electron chi connectivity index (χ1n) is 6.14. The van der Waals surface area contributed by atoms with Crippen molar-refractivity contribution in [1.82, 2.24) is 15.3 Å². The lowest BCUT2D eigenvalue weighted by Crippen LogP contribution is -2.40. The summed E-state index contributed by atoms with van der Waals surface area (Å²) >= 11 is 0. The summed E-state index contributed by atoms with van der Waals surface area (Å²) in [5.41, 5.74) is 0. The van der Waals surface area contributed by atoms with Gasteiger partial charge in [-0.1, -0.05) is 0 Å². The second-order valence-electron chi connectivity index (χ2n) is 4.28. The summed E-state index contributed by atoms with van der Waals surface area (Å²) in [7, 11) is 1.72. The molecule has 0 spiro atoms. The summed E-state index contributed by atoms with van der Waals surface area (Å²) < 4.78 is 5.14. The van der Waals surface area contributed by atoms with Gasteiger partial charge in [-0.15, -0.1) is 0 Å². The van der Waals surface area contributed by atoms with Gasteiger partial charge < -0.3 is 15.0 Å². The van der Waals surface area contributed by atoms with Crippen LogP contribution in [0.2, 0.25) is 0 Å². The Balaban J connectivity index is 1.97. The van der Waals surface area contributed by atoms with Gasteiger partial charge in [-0.2, -0.15) is 0 Å². The van der Waals surface area contributed by atoms with Crippen LogP contribution in [-0.2, 0) is 4.74 Å². The summed E-state index contributed by atoms with van der Waals surface area (Å²) in [6, 6.07) is 2.39. The van der Waals surface area contributed by atoms with Crippen molar-refractivity contribution in [2.45, 2.75) is 18.9 Å². The summed E-state index contributed by atoms with van der Waals surface area (Å²) in [6.45, 7) is 3.61. The Hall–Kier alpha value is -1.20. The van der Waals surface area contributed by atoms with Gasteiger partial charge in [0, 0.05) is 38.6 Å². The maximum absolute atomic E-state index is 5.14. The summed E-state index contributed by atoms with van der Waals surface area (Å²) in [6.07, 6.45) is 6.06. The molecule has 0 radical (unpaired) electrons. The van der Waals surface area contributed by atoms with E-state index in [4.69, 9.17) is 4.74 Å². The van der Waals surface area contributed by atoms with Crippen LogP contribution in [0.5, 0.6) is 0 Å². The molecule has 2 heterocycles. The fourth-order valence-electron chi connectivity index (χ4n) is 2.11. The number of hydrogen-bond acceptors (Lipinski definition) is 5. The van der Waals surface area contributed by atoms with Crippen LogP contribution in [0.3, 0.4) is 0 Å². The van der Waals surface area contributed by atoms with Gasteiger partial charge in [0.05, 0.1) is 6.61 Å². The third-order valence-corrected chi connectivity index (χ3v) is 3.00. The number of anilines is 1. The molecule has 0 saturated carbocycles. The number of hydrogen-bond donors (Lipinski definition) is 1. The number of nitrogens with zero attached hydrogens (tertiary/aromatic N) is 3. The van der Waals surface area contributed by atoms with E-state index in [1.165, 1.54) is 12.8 Å². The monoisotopic (exact) mass is 236 g/mol. The Morgan fingerprint density at radius 1 is 1.47 bits per heavy atom. The molecule has 1 aromatic rings. The maximum atomic E-state index is 5.14. The number of ether oxygens (including phenoxy) is 1. The van der Waals surface area contributed by atoms with Gasteiger partial charge in [0.2, 0.25) is 5.95 Å². The molecule has 1 fully saturated rings. The lowest BCUT2D eigenvalue weighted by molar-refractivity contribution is 0.204. The van der Waals surface area contributed by atoms with E-state index < -0.39 is 0 Å². The predicted molar refractivity (Wildman–Crippen MR) is 67.1 cm³/mol. The Morgan fingerprint density at radius 3 is 2.94 bits per heavy atom. The van der Waals surface area contributed by atoms with Crippen molar-refractivity contribution in [2.24, 2.45) is 0 Å². The Morgan fingerprint density at radius 2 is 2.29 bits per heavy atom. The van der Waals surface area contributed by atoms with E-state index in [-0.39, 0.29) is 0 Å². The molecule has 2 rings (SSSR count). The zero-order chi connectivity index (χ0) is 11.9. The van der Waals surface area contributed by atoms with Crippen molar-refractivity contribution >= 4 is 5.95 Å². The van der Waals surface area contributed by atoms with E-state index >= 15 is 0 Å². The molecule has 0 aliphatic carbocycles. The highest BCUT2D eigenvalue weighted by Crippen LogP contribution is 2.11. The van der Waals surface area contributed by atoms with E-state index in [0.717, 1.165) is 25.6 Å². The molecule has 94 valence electrons. The van der Waals surface area contributed by atoms with Gasteiger partial charge in [0.15, 0.2) is 0 Å². The van der Waals surface area contributed by atoms with Gasteiger partial charge in [-0.25, -0.2) is 9.97 Å². The van der Waals surface area contributed by atoms with Crippen molar-refractivity contribution in [1.29, 1.82) is 0 Å². The molecule has 17 heavy (non-hydrogen) atoms. The summed E-state index contributed by atoms with van der Waals surface area (Å²) in [5.74, 6) is 0.790. The Bertz CT molecular complexity index is 314. The second kappa shape index (κ2) is 6.51. The molecular weight excluding hydrogens is 216 g/mol. The zero-order valence-corrected chi connectivity index (χ0v) is 10.3. The minimum absolute atomic E-state index is 0.552. The molecular formula is C12H20N4O. The minimum Gasteiger partial charge on any atom is -0.383 e. The van der Waals surface area contributed by atoms with Gasteiger partial charge >= 0.3 is 0 Å². The van der Waals surface area contributed by atoms with E-state index in [1.54, 1.807) is 19.5 Å². The van der Waals surface area contributed by atoms with Crippen LogP contribution in [0.1, 0.15) is 12.8 Å². The van der Waals surface area contributed by atoms with Crippen LogP contribution in [0.25, 0.3) is 0 Å². The first kappa shape index (κ1) is 12.3. The second-order valence-corrected chi connectivity index (χ2v) is 4.28. The Labute approximate surface area is 102 Å². The highest BCUT2D eigenvalue weighted by molar-refractivity contribution is 5.28. The van der Waals surface area contributed by atoms with Gasteiger partial charge in [0.1, 0.15) is 0 Å². The molecule has 1 atom stereocenters. The fraction of sp³-hybridized carbons (Fsp3) is 0.667. The first-order valence-corrected chi connectivity index (χ1v) is 6.14. The quantitative estimate of drug-likeness (QED) is 0.787. The standard InChI is InChI=1S/C12H20N4O/c1-17-9-8-16(10-11-4-2-5-13-11)12-14-6-3-7-15-12/h3,6-7,11,13H,2,4-5,8-10H2,1H3. The highest BCUT2D eigenvalue weighted by atomic mass is 16.5. The average molecular weight is 236 g/mol. The van der Waals surface area contributed by atoms with Crippen molar-refractivity contribution in [3.63, 3.8) is 0 Å². The normalized spacial score (nSPS) is 19.5. The number of nitrogens with one attached hydrogen (secondary N) is 1. The molecule has 1 aromatic heterocycles. The first-order chi connectivity index (χ1) is 8.40. The van der Waals surface area contributed by atoms with Crippen molar-refractivity contribution in [2.75, 3.05) is 38.3 Å². The molecule has 0 bridgehead atoms. The SMILES string of the molecule is COCCN(CC1CCCN1)c1ncccn1. The van der Waals surface area contributed by atoms with E-state index in [9.17, 15) is 0 Å². The van der Waals surface area contributed by atoms with Crippen LogP contribution in [-0.4, -0.2) is 49.4 Å². The van der Waals surface area contributed by atoms with Crippen molar-refractivity contribution in [3.05, 3.63) is 18.5 Å². The molecule has 5 nitrogen and oxygen atoms in total. The zero-order valence-electron chi connectivity index (χ0n) is 10.3. The van der Waals surface area contributed by atoms with Crippen LogP contribution < -0.4 is 10.2 Å². The summed E-state index contributed by atoms with van der Waals surface area (Å²) in [4.78, 5) is 10.8. The average Bonchev–Trinajstić information content (AvgIpc) is 2.88. The third-order valence-electron chi connectivity index (χ3n) is 3.00. The number of methoxy groups -OCH3 is 1. The molecule has 1 aliphatic heterocycles. The van der Waals surface area contributed by atoms with Crippen LogP contribution in [0.15, 0.2) is 18.5 Å². The largest absolute Gasteiger partial charge is 0.383 e. The van der Waals surface area contributed by atoms with Crippen molar-refractivity contribution < 1.29 is 4.74 Å². The van der Waals surface area contributed by atoms with E-state index in [0.29, 0.717) is 12.6 Å². The van der Waals surface area contributed by atoms with Gasteiger partial charge in [-0.05, 0) is 25.5 Å². The number of rotatable bonds is 6. The molecule has 1 saturated heterocycles. The number of aromatic nitrogens is 2. The molecule has 1 N–H and O–H groups in total. The molecule has 1 unspecified atom stereocenters. The van der Waals surface area contributed by atoms with E-state index in [1.807, 2.05) is 6.07 Å². The fourth-order valence-corrected chi connectivity index (χ4v) is 2.11. The van der Waals surface area contributed by atoms with Gasteiger partial charge in [0.25, 0.3) is 0 Å². The molecule has 0 amide bonds. The Kier molecular flexibility index (Phi) is 4.70. The van der Waals surface area contributed by atoms with Crippen molar-refractivity contribution in [3.8, 4) is 0 Å². The lowest BCUT2D eigenvalue weighted by Gasteiger charge is -2.25. The van der Waals surface area contributed by atoms with Gasteiger partial charge in [-0.3, -0.25) is 0 Å². The molecule has 1 aliphatic rings. The third kappa shape index (κ3) is 3.64.